The van der Waals surface area contributed by atoms with E-state index in [-0.39, 0.29) is 4.90 Å². The highest BCUT2D eigenvalue weighted by Gasteiger charge is 2.28. The molecular formula is C25H28N2O5S. The number of ether oxygens (including phenoxy) is 2. The van der Waals surface area contributed by atoms with Crippen molar-refractivity contribution in [2.45, 2.75) is 25.7 Å². The van der Waals surface area contributed by atoms with Gasteiger partial charge in [0.25, 0.3) is 10.0 Å². The maximum Gasteiger partial charge on any atom is 0.264 e. The molecule has 3 rings (SSSR count). The number of sulfonamides is 1. The minimum absolute atomic E-state index is 0.110. The maximum absolute atomic E-state index is 13.6. The lowest BCUT2D eigenvalue weighted by atomic mass is 10.1. The van der Waals surface area contributed by atoms with E-state index < -0.39 is 22.5 Å². The molecule has 0 saturated heterocycles. The molecule has 0 bridgehead atoms. The molecule has 3 aromatic rings. The Hall–Kier alpha value is -3.52. The number of amides is 1. The molecule has 7 nitrogen and oxygen atoms in total. The van der Waals surface area contributed by atoms with E-state index in [2.05, 4.69) is 5.32 Å². The lowest BCUT2D eigenvalue weighted by Gasteiger charge is -2.25. The third-order valence-electron chi connectivity index (χ3n) is 5.07. The first kappa shape index (κ1) is 24.1. The molecule has 3 aromatic carbocycles. The van der Waals surface area contributed by atoms with Gasteiger partial charge >= 0.3 is 0 Å². The zero-order chi connectivity index (χ0) is 24.2. The van der Waals surface area contributed by atoms with Crippen molar-refractivity contribution >= 4 is 27.3 Å². The summed E-state index contributed by atoms with van der Waals surface area (Å²) in [5.74, 6) is 0.449. The molecule has 0 saturated carbocycles. The fourth-order valence-corrected chi connectivity index (χ4v) is 4.88. The number of hydrogen-bond donors (Lipinski definition) is 1. The van der Waals surface area contributed by atoms with Gasteiger partial charge in [-0.3, -0.25) is 9.10 Å². The molecule has 0 aliphatic rings. The minimum atomic E-state index is -4.00. The van der Waals surface area contributed by atoms with Crippen LogP contribution in [-0.2, 0) is 14.8 Å². The molecule has 0 unspecified atom stereocenters. The van der Waals surface area contributed by atoms with Crippen LogP contribution in [0.25, 0.3) is 0 Å². The smallest absolute Gasteiger partial charge is 0.264 e. The van der Waals surface area contributed by atoms with Gasteiger partial charge in [0.1, 0.15) is 18.0 Å². The fourth-order valence-electron chi connectivity index (χ4n) is 3.48. The topological polar surface area (TPSA) is 84.9 Å². The van der Waals surface area contributed by atoms with Crippen molar-refractivity contribution in [1.82, 2.24) is 0 Å². The van der Waals surface area contributed by atoms with Crippen LogP contribution in [0.1, 0.15) is 16.7 Å². The summed E-state index contributed by atoms with van der Waals surface area (Å²) in [5.41, 5.74) is 3.53. The minimum Gasteiger partial charge on any atom is -0.497 e. The van der Waals surface area contributed by atoms with Crippen molar-refractivity contribution < 1.29 is 22.7 Å². The highest BCUT2D eigenvalue weighted by atomic mass is 32.2. The number of aryl methyl sites for hydroxylation is 3. The van der Waals surface area contributed by atoms with E-state index >= 15 is 0 Å². The van der Waals surface area contributed by atoms with Crippen LogP contribution in [0.4, 0.5) is 11.4 Å². The lowest BCUT2D eigenvalue weighted by Crippen LogP contribution is -2.38. The zero-order valence-corrected chi connectivity index (χ0v) is 20.2. The van der Waals surface area contributed by atoms with Crippen LogP contribution in [-0.4, -0.2) is 35.1 Å². The number of benzene rings is 3. The number of carbonyl (C=O) groups is 1. The average molecular weight is 469 g/mol. The first-order valence-corrected chi connectivity index (χ1v) is 11.8. The Morgan fingerprint density at radius 3 is 2.06 bits per heavy atom. The first-order chi connectivity index (χ1) is 15.6. The second-order valence-electron chi connectivity index (χ2n) is 7.79. The van der Waals surface area contributed by atoms with Gasteiger partial charge in [0.2, 0.25) is 5.91 Å². The van der Waals surface area contributed by atoms with Crippen molar-refractivity contribution in [3.63, 3.8) is 0 Å². The molecule has 33 heavy (non-hydrogen) atoms. The number of carbonyl (C=O) groups excluding carboxylic acids is 1. The number of methoxy groups -OCH3 is 2. The molecule has 1 amide bonds. The third-order valence-corrected chi connectivity index (χ3v) is 6.86. The van der Waals surface area contributed by atoms with Gasteiger partial charge in [0.05, 0.1) is 30.5 Å². The van der Waals surface area contributed by atoms with Crippen LogP contribution in [0.5, 0.6) is 11.5 Å². The molecule has 0 radical (unpaired) electrons. The Bertz CT molecular complexity index is 1230. The van der Waals surface area contributed by atoms with E-state index in [1.54, 1.807) is 54.6 Å². The molecule has 8 heteroatoms. The number of hydrogen-bond acceptors (Lipinski definition) is 5. The first-order valence-electron chi connectivity index (χ1n) is 10.3. The van der Waals surface area contributed by atoms with Gasteiger partial charge in [-0.05, 0) is 68.3 Å². The number of nitrogens with zero attached hydrogens (tertiary/aromatic N) is 1. The van der Waals surface area contributed by atoms with Crippen LogP contribution in [0.2, 0.25) is 0 Å². The Morgan fingerprint density at radius 2 is 1.48 bits per heavy atom. The standard InChI is InChI=1S/C25H28N2O5S/c1-17-6-9-22(10-7-17)33(29,30)27(20-13-18(2)12-19(3)14-20)16-25(28)26-23-15-21(31-4)8-11-24(23)32-5/h6-15H,16H2,1-5H3,(H,26,28). The average Bonchev–Trinajstić information content (AvgIpc) is 2.77. The van der Waals surface area contributed by atoms with Crippen molar-refractivity contribution in [1.29, 1.82) is 0 Å². The van der Waals surface area contributed by atoms with E-state index in [1.165, 1.54) is 14.2 Å². The molecule has 0 aromatic heterocycles. The maximum atomic E-state index is 13.6. The van der Waals surface area contributed by atoms with E-state index in [9.17, 15) is 13.2 Å². The summed E-state index contributed by atoms with van der Waals surface area (Å²) in [4.78, 5) is 13.2. The summed E-state index contributed by atoms with van der Waals surface area (Å²) in [6.45, 7) is 5.23. The predicted octanol–water partition coefficient (Wildman–Crippen LogP) is 4.46. The highest BCUT2D eigenvalue weighted by molar-refractivity contribution is 7.92. The van der Waals surface area contributed by atoms with E-state index in [4.69, 9.17) is 9.47 Å². The Balaban J connectivity index is 2.00. The molecule has 0 fully saturated rings. The second-order valence-corrected chi connectivity index (χ2v) is 9.65. The van der Waals surface area contributed by atoms with Gasteiger partial charge in [-0.1, -0.05) is 23.8 Å². The highest BCUT2D eigenvalue weighted by Crippen LogP contribution is 2.30. The third kappa shape index (κ3) is 5.64. The number of rotatable bonds is 8. The van der Waals surface area contributed by atoms with Gasteiger partial charge in [-0.2, -0.15) is 0 Å². The monoisotopic (exact) mass is 468 g/mol. The van der Waals surface area contributed by atoms with Gasteiger partial charge < -0.3 is 14.8 Å². The van der Waals surface area contributed by atoms with Crippen molar-refractivity contribution in [2.24, 2.45) is 0 Å². The van der Waals surface area contributed by atoms with Crippen LogP contribution in [0, 0.1) is 20.8 Å². The summed E-state index contributed by atoms with van der Waals surface area (Å²) >= 11 is 0. The van der Waals surface area contributed by atoms with E-state index in [1.807, 2.05) is 26.8 Å². The molecule has 174 valence electrons. The van der Waals surface area contributed by atoms with Gasteiger partial charge in [-0.25, -0.2) is 8.42 Å². The quantitative estimate of drug-likeness (QED) is 0.528. The van der Waals surface area contributed by atoms with E-state index in [0.29, 0.717) is 22.9 Å². The Morgan fingerprint density at radius 1 is 0.848 bits per heavy atom. The van der Waals surface area contributed by atoms with E-state index in [0.717, 1.165) is 21.0 Å². The van der Waals surface area contributed by atoms with Crippen LogP contribution >= 0.6 is 0 Å². The summed E-state index contributed by atoms with van der Waals surface area (Å²) in [6.07, 6.45) is 0. The van der Waals surface area contributed by atoms with Crippen molar-refractivity contribution in [3.8, 4) is 11.5 Å². The molecule has 0 aliphatic carbocycles. The summed E-state index contributed by atoms with van der Waals surface area (Å²) in [6, 6.07) is 17.0. The van der Waals surface area contributed by atoms with Crippen LogP contribution in [0.15, 0.2) is 65.6 Å². The Kier molecular flexibility index (Phi) is 7.28. The van der Waals surface area contributed by atoms with Gasteiger partial charge in [0, 0.05) is 6.07 Å². The fraction of sp³-hybridized carbons (Fsp3) is 0.240. The van der Waals surface area contributed by atoms with Crippen molar-refractivity contribution in [2.75, 3.05) is 30.4 Å². The molecule has 0 spiro atoms. The largest absolute Gasteiger partial charge is 0.497 e. The molecule has 0 atom stereocenters. The molecule has 0 aliphatic heterocycles. The van der Waals surface area contributed by atoms with Crippen molar-refractivity contribution in [3.05, 3.63) is 77.4 Å². The molecular weight excluding hydrogens is 440 g/mol. The molecule has 0 heterocycles. The predicted molar refractivity (Wildman–Crippen MR) is 130 cm³/mol. The van der Waals surface area contributed by atoms with Gasteiger partial charge in [-0.15, -0.1) is 0 Å². The second kappa shape index (κ2) is 9.95. The number of nitrogens with one attached hydrogen (secondary N) is 1. The van der Waals surface area contributed by atoms with Crippen LogP contribution < -0.4 is 19.1 Å². The summed E-state index contributed by atoms with van der Waals surface area (Å²) < 4.78 is 38.8. The number of anilines is 2. The summed E-state index contributed by atoms with van der Waals surface area (Å²) in [5, 5.41) is 2.75. The zero-order valence-electron chi connectivity index (χ0n) is 19.4. The van der Waals surface area contributed by atoms with Gasteiger partial charge in [0.15, 0.2) is 0 Å². The van der Waals surface area contributed by atoms with Crippen LogP contribution in [0.3, 0.4) is 0 Å². The molecule has 1 N–H and O–H groups in total. The summed E-state index contributed by atoms with van der Waals surface area (Å²) in [7, 11) is -0.999. The Labute approximate surface area is 195 Å². The lowest BCUT2D eigenvalue weighted by molar-refractivity contribution is -0.114. The normalized spacial score (nSPS) is 11.1. The SMILES string of the molecule is COc1ccc(OC)c(NC(=O)CN(c2cc(C)cc(C)c2)S(=O)(=O)c2ccc(C)cc2)c1.